The smallest absolute Gasteiger partial charge is 0.166 e. The van der Waals surface area contributed by atoms with Crippen LogP contribution >= 0.6 is 0 Å². The Morgan fingerprint density at radius 1 is 1.60 bits per heavy atom. The van der Waals surface area contributed by atoms with E-state index in [1.807, 2.05) is 0 Å². The summed E-state index contributed by atoms with van der Waals surface area (Å²) >= 11 is 0. The highest BCUT2D eigenvalue weighted by molar-refractivity contribution is 6.00. The number of aryl methyl sites for hydroxylation is 2. The SMILES string of the molecule is [CH2]C(=O)c1cc(C)oc1C. The number of carbonyl (C=O) groups excluding carboxylic acids is 1. The van der Waals surface area contributed by atoms with Crippen LogP contribution in [0.15, 0.2) is 10.5 Å². The molecule has 0 aliphatic heterocycles. The number of ketones is 1. The van der Waals surface area contributed by atoms with E-state index in [0.717, 1.165) is 5.76 Å². The Balaban J connectivity index is 3.15. The number of Topliss-reactive ketones (excluding diaryl/α,β-unsaturated/α-hetero) is 1. The van der Waals surface area contributed by atoms with Gasteiger partial charge in [-0.15, -0.1) is 0 Å². The summed E-state index contributed by atoms with van der Waals surface area (Å²) in [4.78, 5) is 10.7. The first-order chi connectivity index (χ1) is 4.61. The molecule has 0 N–H and O–H groups in total. The zero-order valence-corrected chi connectivity index (χ0v) is 6.10. The molecule has 0 saturated heterocycles. The second kappa shape index (κ2) is 2.29. The molecule has 0 spiro atoms. The summed E-state index contributed by atoms with van der Waals surface area (Å²) in [6.45, 7) is 6.84. The topological polar surface area (TPSA) is 30.2 Å². The van der Waals surface area contributed by atoms with Gasteiger partial charge in [0.15, 0.2) is 5.78 Å². The molecule has 0 unspecified atom stereocenters. The highest BCUT2D eigenvalue weighted by Crippen LogP contribution is 2.13. The van der Waals surface area contributed by atoms with Crippen LogP contribution in [-0.4, -0.2) is 5.78 Å². The molecule has 0 saturated carbocycles. The van der Waals surface area contributed by atoms with Crippen LogP contribution < -0.4 is 0 Å². The first-order valence-electron chi connectivity index (χ1n) is 3.04. The molecule has 0 atom stereocenters. The Labute approximate surface area is 59.8 Å². The van der Waals surface area contributed by atoms with Crippen LogP contribution in [0.2, 0.25) is 0 Å². The molecule has 1 aromatic heterocycles. The van der Waals surface area contributed by atoms with Crippen molar-refractivity contribution >= 4 is 5.78 Å². The summed E-state index contributed by atoms with van der Waals surface area (Å²) in [5.74, 6) is 1.22. The van der Waals surface area contributed by atoms with Crippen molar-refractivity contribution in [3.63, 3.8) is 0 Å². The molecule has 10 heavy (non-hydrogen) atoms. The van der Waals surface area contributed by atoms with E-state index in [-0.39, 0.29) is 5.78 Å². The summed E-state index contributed by atoms with van der Waals surface area (Å²) in [6, 6.07) is 1.70. The molecule has 1 aromatic rings. The van der Waals surface area contributed by atoms with Crippen LogP contribution in [0, 0.1) is 20.8 Å². The first kappa shape index (κ1) is 7.06. The highest BCUT2D eigenvalue weighted by Gasteiger charge is 2.07. The highest BCUT2D eigenvalue weighted by atomic mass is 16.3. The van der Waals surface area contributed by atoms with Crippen LogP contribution in [0.4, 0.5) is 0 Å². The quantitative estimate of drug-likeness (QED) is 0.553. The van der Waals surface area contributed by atoms with Crippen LogP contribution in [0.3, 0.4) is 0 Å². The Bertz CT molecular complexity index is 258. The molecule has 0 bridgehead atoms. The number of furan rings is 1. The van der Waals surface area contributed by atoms with E-state index in [1.54, 1.807) is 19.9 Å². The number of rotatable bonds is 1. The summed E-state index contributed by atoms with van der Waals surface area (Å²) in [5, 5.41) is 0. The lowest BCUT2D eigenvalue weighted by Crippen LogP contribution is -1.90. The second-order valence-electron chi connectivity index (χ2n) is 2.25. The van der Waals surface area contributed by atoms with Gasteiger partial charge >= 0.3 is 0 Å². The van der Waals surface area contributed by atoms with Gasteiger partial charge in [0, 0.05) is 6.92 Å². The molecular formula is C8H9O2. The fraction of sp³-hybridized carbons (Fsp3) is 0.250. The lowest BCUT2D eigenvalue weighted by atomic mass is 10.2. The van der Waals surface area contributed by atoms with Crippen molar-refractivity contribution < 1.29 is 9.21 Å². The van der Waals surface area contributed by atoms with Crippen molar-refractivity contribution in [3.8, 4) is 0 Å². The second-order valence-corrected chi connectivity index (χ2v) is 2.25. The maximum absolute atomic E-state index is 10.7. The van der Waals surface area contributed by atoms with E-state index in [4.69, 9.17) is 4.42 Å². The third-order valence-electron chi connectivity index (χ3n) is 1.34. The minimum Gasteiger partial charge on any atom is -0.466 e. The average molecular weight is 137 g/mol. The molecule has 1 radical (unpaired) electrons. The number of hydrogen-bond acceptors (Lipinski definition) is 2. The van der Waals surface area contributed by atoms with E-state index in [2.05, 4.69) is 6.92 Å². The van der Waals surface area contributed by atoms with E-state index in [0.29, 0.717) is 11.3 Å². The molecule has 0 aromatic carbocycles. The van der Waals surface area contributed by atoms with Crippen LogP contribution in [0.25, 0.3) is 0 Å². The third kappa shape index (κ3) is 1.10. The van der Waals surface area contributed by atoms with Gasteiger partial charge in [0.1, 0.15) is 11.5 Å². The van der Waals surface area contributed by atoms with Crippen molar-refractivity contribution in [2.24, 2.45) is 0 Å². The van der Waals surface area contributed by atoms with Gasteiger partial charge in [-0.1, -0.05) is 0 Å². The maximum atomic E-state index is 10.7. The van der Waals surface area contributed by atoms with Gasteiger partial charge in [0.05, 0.1) is 5.56 Å². The first-order valence-corrected chi connectivity index (χ1v) is 3.04. The molecule has 0 aliphatic carbocycles. The fourth-order valence-electron chi connectivity index (χ4n) is 0.908. The van der Waals surface area contributed by atoms with E-state index < -0.39 is 0 Å². The van der Waals surface area contributed by atoms with Crippen LogP contribution in [0.1, 0.15) is 21.9 Å². The third-order valence-corrected chi connectivity index (χ3v) is 1.34. The summed E-state index contributed by atoms with van der Waals surface area (Å²) < 4.78 is 5.11. The molecule has 0 aliphatic rings. The van der Waals surface area contributed by atoms with Gasteiger partial charge in [0.2, 0.25) is 0 Å². The summed E-state index contributed by atoms with van der Waals surface area (Å²) in [7, 11) is 0. The molecule has 1 rings (SSSR count). The Hall–Kier alpha value is -1.05. The molecule has 53 valence electrons. The molecule has 0 fully saturated rings. The lowest BCUT2D eigenvalue weighted by Gasteiger charge is -1.86. The van der Waals surface area contributed by atoms with Gasteiger partial charge in [0.25, 0.3) is 0 Å². The monoisotopic (exact) mass is 137 g/mol. The average Bonchev–Trinajstić information content (AvgIpc) is 2.10. The molecular weight excluding hydrogens is 128 g/mol. The van der Waals surface area contributed by atoms with Crippen molar-refractivity contribution in [1.82, 2.24) is 0 Å². The van der Waals surface area contributed by atoms with Gasteiger partial charge < -0.3 is 4.42 Å². The number of carbonyl (C=O) groups is 1. The van der Waals surface area contributed by atoms with Gasteiger partial charge in [-0.25, -0.2) is 0 Å². The predicted octanol–water partition coefficient (Wildman–Crippen LogP) is 1.91. The maximum Gasteiger partial charge on any atom is 0.166 e. The standard InChI is InChI=1S/C8H9O2/c1-5-4-8(6(2)9)7(3)10-5/h4H,2H2,1,3H3. The largest absolute Gasteiger partial charge is 0.466 e. The normalized spacial score (nSPS) is 9.90. The minimum absolute atomic E-state index is 0.186. The van der Waals surface area contributed by atoms with E-state index in [9.17, 15) is 4.79 Å². The van der Waals surface area contributed by atoms with Gasteiger partial charge in [-0.3, -0.25) is 4.79 Å². The molecule has 0 amide bonds. The minimum atomic E-state index is -0.186. The summed E-state index contributed by atoms with van der Waals surface area (Å²) in [6.07, 6.45) is 0. The molecule has 2 nitrogen and oxygen atoms in total. The Morgan fingerprint density at radius 2 is 2.20 bits per heavy atom. The van der Waals surface area contributed by atoms with E-state index >= 15 is 0 Å². The Morgan fingerprint density at radius 3 is 2.40 bits per heavy atom. The summed E-state index contributed by atoms with van der Waals surface area (Å²) in [5.41, 5.74) is 0.581. The fourth-order valence-corrected chi connectivity index (χ4v) is 0.908. The van der Waals surface area contributed by atoms with Gasteiger partial charge in [-0.2, -0.15) is 0 Å². The van der Waals surface area contributed by atoms with Crippen molar-refractivity contribution in [3.05, 3.63) is 30.1 Å². The zero-order valence-electron chi connectivity index (χ0n) is 6.10. The molecule has 1 heterocycles. The van der Waals surface area contributed by atoms with Crippen LogP contribution in [0.5, 0.6) is 0 Å². The Kier molecular flexibility index (Phi) is 1.62. The lowest BCUT2D eigenvalue weighted by molar-refractivity contribution is 0.104. The van der Waals surface area contributed by atoms with Crippen molar-refractivity contribution in [2.45, 2.75) is 13.8 Å². The predicted molar refractivity (Wildman–Crippen MR) is 37.9 cm³/mol. The van der Waals surface area contributed by atoms with E-state index in [1.165, 1.54) is 0 Å². The van der Waals surface area contributed by atoms with Crippen LogP contribution in [-0.2, 0) is 0 Å². The number of hydrogen-bond donors (Lipinski definition) is 0. The zero-order chi connectivity index (χ0) is 7.72. The van der Waals surface area contributed by atoms with Crippen molar-refractivity contribution in [2.75, 3.05) is 0 Å². The van der Waals surface area contributed by atoms with Crippen molar-refractivity contribution in [1.29, 1.82) is 0 Å². The van der Waals surface area contributed by atoms with Gasteiger partial charge in [-0.05, 0) is 19.9 Å². The molecule has 2 heteroatoms.